The van der Waals surface area contributed by atoms with Crippen molar-refractivity contribution in [2.45, 2.75) is 58.2 Å². The number of nitrogens with one attached hydrogen (secondary N) is 2. The van der Waals surface area contributed by atoms with Crippen molar-refractivity contribution in [3.05, 3.63) is 0 Å². The van der Waals surface area contributed by atoms with E-state index in [1.54, 1.807) is 0 Å². The van der Waals surface area contributed by atoms with E-state index in [1.165, 1.54) is 0 Å². The molecule has 2 amide bonds. The summed E-state index contributed by atoms with van der Waals surface area (Å²) in [6.07, 6.45) is 2.79. The minimum Gasteiger partial charge on any atom is -0.396 e. The summed E-state index contributed by atoms with van der Waals surface area (Å²) in [7, 11) is 0. The third-order valence-electron chi connectivity index (χ3n) is 3.44. The third-order valence-corrected chi connectivity index (χ3v) is 3.44. The van der Waals surface area contributed by atoms with E-state index in [0.717, 1.165) is 19.4 Å². The van der Waals surface area contributed by atoms with Crippen LogP contribution < -0.4 is 10.6 Å². The molecule has 1 saturated heterocycles. The van der Waals surface area contributed by atoms with E-state index >= 15 is 0 Å². The molecule has 5 heteroatoms. The van der Waals surface area contributed by atoms with Gasteiger partial charge in [-0.05, 0) is 32.1 Å². The maximum atomic E-state index is 11.8. The van der Waals surface area contributed by atoms with E-state index < -0.39 is 0 Å². The Morgan fingerprint density at radius 1 is 1.39 bits per heavy atom. The van der Waals surface area contributed by atoms with Gasteiger partial charge in [-0.15, -0.1) is 0 Å². The lowest BCUT2D eigenvalue weighted by Gasteiger charge is -2.25. The minimum atomic E-state index is -0.176. The maximum absolute atomic E-state index is 11.8. The van der Waals surface area contributed by atoms with Crippen molar-refractivity contribution in [1.82, 2.24) is 10.6 Å². The van der Waals surface area contributed by atoms with Crippen LogP contribution in [0.15, 0.2) is 0 Å². The number of rotatable bonds is 6. The molecule has 3 unspecified atom stereocenters. The molecule has 0 saturated carbocycles. The quantitative estimate of drug-likeness (QED) is 0.671. The van der Waals surface area contributed by atoms with Crippen LogP contribution in [0.4, 0.5) is 4.79 Å². The fourth-order valence-electron chi connectivity index (χ4n) is 2.22. The molecule has 1 rings (SSSR count). The van der Waals surface area contributed by atoms with Gasteiger partial charge in [0.1, 0.15) is 0 Å². The Kier molecular flexibility index (Phi) is 6.43. The van der Waals surface area contributed by atoms with Crippen LogP contribution in [-0.4, -0.2) is 42.5 Å². The maximum Gasteiger partial charge on any atom is 0.315 e. The normalized spacial score (nSPS) is 22.8. The first-order valence-corrected chi connectivity index (χ1v) is 6.84. The summed E-state index contributed by atoms with van der Waals surface area (Å²) in [5.41, 5.74) is 0. The predicted octanol–water partition coefficient (Wildman–Crippen LogP) is 1.26. The molecule has 0 aromatic carbocycles. The van der Waals surface area contributed by atoms with Crippen LogP contribution in [0, 0.1) is 5.92 Å². The molecule has 3 atom stereocenters. The van der Waals surface area contributed by atoms with Crippen molar-refractivity contribution in [2.24, 2.45) is 5.92 Å². The van der Waals surface area contributed by atoms with Gasteiger partial charge in [0, 0.05) is 19.3 Å². The highest BCUT2D eigenvalue weighted by Gasteiger charge is 2.24. The lowest BCUT2D eigenvalue weighted by molar-refractivity contribution is 0.0856. The smallest absolute Gasteiger partial charge is 0.315 e. The number of urea groups is 1. The molecule has 106 valence electrons. The van der Waals surface area contributed by atoms with Crippen molar-refractivity contribution >= 4 is 6.03 Å². The number of aliphatic hydroxyl groups is 1. The van der Waals surface area contributed by atoms with E-state index in [2.05, 4.69) is 10.6 Å². The number of carbonyl (C=O) groups is 1. The van der Waals surface area contributed by atoms with Gasteiger partial charge in [0.05, 0.1) is 12.1 Å². The number of amides is 2. The van der Waals surface area contributed by atoms with Gasteiger partial charge in [-0.2, -0.15) is 0 Å². The molecule has 0 bridgehead atoms. The van der Waals surface area contributed by atoms with E-state index in [1.807, 2.05) is 20.8 Å². The number of hydrogen-bond acceptors (Lipinski definition) is 3. The van der Waals surface area contributed by atoms with Crippen molar-refractivity contribution in [3.63, 3.8) is 0 Å². The molecule has 18 heavy (non-hydrogen) atoms. The third kappa shape index (κ3) is 4.82. The largest absolute Gasteiger partial charge is 0.396 e. The van der Waals surface area contributed by atoms with Gasteiger partial charge >= 0.3 is 6.03 Å². The molecular formula is C13H26N2O3. The van der Waals surface area contributed by atoms with Crippen molar-refractivity contribution in [2.75, 3.05) is 13.2 Å². The molecule has 0 aliphatic carbocycles. The summed E-state index contributed by atoms with van der Waals surface area (Å²) < 4.78 is 5.53. The summed E-state index contributed by atoms with van der Waals surface area (Å²) in [6.45, 7) is 6.90. The van der Waals surface area contributed by atoms with Gasteiger partial charge in [-0.1, -0.05) is 13.8 Å². The molecule has 1 fully saturated rings. The van der Waals surface area contributed by atoms with E-state index in [-0.39, 0.29) is 30.8 Å². The average Bonchev–Trinajstić information content (AvgIpc) is 2.81. The van der Waals surface area contributed by atoms with Crippen LogP contribution in [0.5, 0.6) is 0 Å². The Morgan fingerprint density at radius 2 is 2.11 bits per heavy atom. The first-order chi connectivity index (χ1) is 8.54. The fourth-order valence-corrected chi connectivity index (χ4v) is 2.22. The molecule has 1 heterocycles. The van der Waals surface area contributed by atoms with Gasteiger partial charge in [0.25, 0.3) is 0 Å². The zero-order valence-corrected chi connectivity index (χ0v) is 11.6. The second-order valence-corrected chi connectivity index (χ2v) is 5.32. The molecule has 0 radical (unpaired) electrons. The second kappa shape index (κ2) is 7.59. The van der Waals surface area contributed by atoms with Crippen molar-refractivity contribution in [1.29, 1.82) is 0 Å². The van der Waals surface area contributed by atoms with Gasteiger partial charge < -0.3 is 20.5 Å². The Balaban J connectivity index is 2.34. The SMILES string of the molecule is CC(C)C(CCO)NC(=O)NC(C)C1CCCO1. The molecule has 3 N–H and O–H groups in total. The Morgan fingerprint density at radius 3 is 2.61 bits per heavy atom. The average molecular weight is 258 g/mol. The summed E-state index contributed by atoms with van der Waals surface area (Å²) in [5.74, 6) is 0.306. The van der Waals surface area contributed by atoms with Gasteiger partial charge in [0.15, 0.2) is 0 Å². The monoisotopic (exact) mass is 258 g/mol. The van der Waals surface area contributed by atoms with Crippen LogP contribution in [0.1, 0.15) is 40.0 Å². The van der Waals surface area contributed by atoms with Crippen LogP contribution in [0.2, 0.25) is 0 Å². The zero-order chi connectivity index (χ0) is 13.5. The Hall–Kier alpha value is -0.810. The first kappa shape index (κ1) is 15.2. The summed E-state index contributed by atoms with van der Waals surface area (Å²) in [6, 6.07) is -0.147. The number of hydrogen-bond donors (Lipinski definition) is 3. The highest BCUT2D eigenvalue weighted by Crippen LogP contribution is 2.15. The predicted molar refractivity (Wildman–Crippen MR) is 70.4 cm³/mol. The highest BCUT2D eigenvalue weighted by molar-refractivity contribution is 5.74. The summed E-state index contributed by atoms with van der Waals surface area (Å²) in [4.78, 5) is 11.8. The minimum absolute atomic E-state index is 0.00620. The number of aliphatic hydroxyl groups excluding tert-OH is 1. The lowest BCUT2D eigenvalue weighted by Crippen LogP contribution is -2.50. The van der Waals surface area contributed by atoms with E-state index in [9.17, 15) is 4.79 Å². The van der Waals surface area contributed by atoms with Gasteiger partial charge in [-0.3, -0.25) is 0 Å². The lowest BCUT2D eigenvalue weighted by atomic mass is 10.0. The van der Waals surface area contributed by atoms with Crippen LogP contribution in [0.25, 0.3) is 0 Å². The Bertz CT molecular complexity index is 253. The van der Waals surface area contributed by atoms with E-state index in [4.69, 9.17) is 9.84 Å². The number of ether oxygens (including phenoxy) is 1. The second-order valence-electron chi connectivity index (χ2n) is 5.32. The molecule has 0 aromatic rings. The van der Waals surface area contributed by atoms with Crippen molar-refractivity contribution < 1.29 is 14.6 Å². The van der Waals surface area contributed by atoms with Gasteiger partial charge in [0.2, 0.25) is 0 Å². The number of carbonyl (C=O) groups excluding carboxylic acids is 1. The molecule has 1 aliphatic heterocycles. The zero-order valence-electron chi connectivity index (χ0n) is 11.6. The molecular weight excluding hydrogens is 232 g/mol. The highest BCUT2D eigenvalue weighted by atomic mass is 16.5. The Labute approximate surface area is 109 Å². The van der Waals surface area contributed by atoms with Crippen molar-refractivity contribution in [3.8, 4) is 0 Å². The topological polar surface area (TPSA) is 70.6 Å². The molecule has 1 aliphatic rings. The van der Waals surface area contributed by atoms with Crippen LogP contribution in [0.3, 0.4) is 0 Å². The fraction of sp³-hybridized carbons (Fsp3) is 0.923. The van der Waals surface area contributed by atoms with E-state index in [0.29, 0.717) is 12.3 Å². The molecule has 5 nitrogen and oxygen atoms in total. The van der Waals surface area contributed by atoms with Crippen LogP contribution >= 0.6 is 0 Å². The van der Waals surface area contributed by atoms with Crippen LogP contribution in [-0.2, 0) is 4.74 Å². The first-order valence-electron chi connectivity index (χ1n) is 6.84. The molecule has 0 spiro atoms. The summed E-state index contributed by atoms with van der Waals surface area (Å²) in [5, 5.41) is 14.8. The standard InChI is InChI=1S/C13H26N2O3/c1-9(2)11(6-7-16)15-13(17)14-10(3)12-5-4-8-18-12/h9-12,16H,4-8H2,1-3H3,(H2,14,15,17). The molecule has 0 aromatic heterocycles. The van der Waals surface area contributed by atoms with Gasteiger partial charge in [-0.25, -0.2) is 4.79 Å². The summed E-state index contributed by atoms with van der Waals surface area (Å²) >= 11 is 0.